The molecule has 136 valence electrons. The number of hydrogen-bond acceptors (Lipinski definition) is 4. The van der Waals surface area contributed by atoms with Crippen LogP contribution in [0.5, 0.6) is 11.5 Å². The molecule has 0 radical (unpaired) electrons. The van der Waals surface area contributed by atoms with Crippen LogP contribution in [0.25, 0.3) is 0 Å². The second-order valence-electron chi connectivity index (χ2n) is 5.63. The van der Waals surface area contributed by atoms with Crippen molar-refractivity contribution in [2.45, 2.75) is 25.5 Å². The molecular formula is C19H25ClN2O3. The van der Waals surface area contributed by atoms with Crippen LogP contribution in [0.3, 0.4) is 0 Å². The Labute approximate surface area is 154 Å². The molecule has 0 aliphatic carbocycles. The Morgan fingerprint density at radius 2 is 1.68 bits per heavy atom. The number of rotatable bonds is 8. The van der Waals surface area contributed by atoms with Crippen LogP contribution in [0.15, 0.2) is 54.6 Å². The molecule has 25 heavy (non-hydrogen) atoms. The molecule has 3 N–H and O–H groups in total. The quantitative estimate of drug-likeness (QED) is 0.754. The van der Waals surface area contributed by atoms with Gasteiger partial charge in [0.2, 0.25) is 5.91 Å². The van der Waals surface area contributed by atoms with Crippen molar-refractivity contribution in [3.05, 3.63) is 60.2 Å². The summed E-state index contributed by atoms with van der Waals surface area (Å²) in [6, 6.07) is 16.6. The molecule has 0 fully saturated rings. The summed E-state index contributed by atoms with van der Waals surface area (Å²) in [4.78, 5) is 12.0. The molecule has 2 aromatic carbocycles. The molecule has 2 rings (SSSR count). The number of methoxy groups -OCH3 is 1. The van der Waals surface area contributed by atoms with Crippen LogP contribution in [0.4, 0.5) is 0 Å². The number of carbonyl (C=O) groups excluding carboxylic acids is 1. The summed E-state index contributed by atoms with van der Waals surface area (Å²) in [6.07, 6.45) is 0.106. The zero-order valence-electron chi connectivity index (χ0n) is 14.5. The van der Waals surface area contributed by atoms with Crippen LogP contribution in [0, 0.1) is 0 Å². The predicted molar refractivity (Wildman–Crippen MR) is 101 cm³/mol. The van der Waals surface area contributed by atoms with E-state index in [1.807, 2.05) is 61.5 Å². The van der Waals surface area contributed by atoms with E-state index in [0.29, 0.717) is 6.54 Å². The lowest BCUT2D eigenvalue weighted by molar-refractivity contribution is -0.121. The van der Waals surface area contributed by atoms with E-state index in [1.54, 1.807) is 7.11 Å². The van der Waals surface area contributed by atoms with Gasteiger partial charge in [0.1, 0.15) is 17.6 Å². The number of nitrogens with one attached hydrogen (secondary N) is 1. The molecule has 0 heterocycles. The first-order valence-electron chi connectivity index (χ1n) is 7.96. The highest BCUT2D eigenvalue weighted by Crippen LogP contribution is 2.18. The summed E-state index contributed by atoms with van der Waals surface area (Å²) in [6.45, 7) is 2.33. The lowest BCUT2D eigenvalue weighted by atomic mass is 10.0. The Kier molecular flexibility index (Phi) is 8.81. The zero-order chi connectivity index (χ0) is 17.4. The highest BCUT2D eigenvalue weighted by molar-refractivity contribution is 5.85. The largest absolute Gasteiger partial charge is 0.497 e. The van der Waals surface area contributed by atoms with Crippen LogP contribution in [-0.4, -0.2) is 25.7 Å². The fourth-order valence-corrected chi connectivity index (χ4v) is 2.28. The maximum Gasteiger partial charge on any atom is 0.222 e. The van der Waals surface area contributed by atoms with Crippen LogP contribution < -0.4 is 20.5 Å². The highest BCUT2D eigenvalue weighted by Gasteiger charge is 2.12. The van der Waals surface area contributed by atoms with Gasteiger partial charge in [0.15, 0.2) is 0 Å². The van der Waals surface area contributed by atoms with Gasteiger partial charge in [0.05, 0.1) is 13.7 Å². The van der Waals surface area contributed by atoms with Gasteiger partial charge >= 0.3 is 0 Å². The Morgan fingerprint density at radius 3 is 2.28 bits per heavy atom. The molecule has 0 saturated carbocycles. The fourth-order valence-electron chi connectivity index (χ4n) is 2.28. The van der Waals surface area contributed by atoms with Crippen LogP contribution in [0.2, 0.25) is 0 Å². The molecule has 0 aromatic heterocycles. The second kappa shape index (κ2) is 10.6. The standard InChI is InChI=1S/C19H24N2O3.ClH/c1-14(24-17-10-8-16(23-2)9-11-17)13-21-19(22)12-18(20)15-6-4-3-5-7-15;/h3-11,14,18H,12-13,20H2,1-2H3,(H,21,22);1H. The Hall–Kier alpha value is -2.24. The summed E-state index contributed by atoms with van der Waals surface area (Å²) < 4.78 is 10.9. The molecule has 6 heteroatoms. The van der Waals surface area contributed by atoms with Gasteiger partial charge in [-0.2, -0.15) is 0 Å². The monoisotopic (exact) mass is 364 g/mol. The van der Waals surface area contributed by atoms with Gasteiger partial charge in [-0.25, -0.2) is 0 Å². The third-order valence-electron chi connectivity index (χ3n) is 3.62. The molecule has 0 saturated heterocycles. The molecule has 0 spiro atoms. The van der Waals surface area contributed by atoms with Gasteiger partial charge in [-0.05, 0) is 36.8 Å². The number of amides is 1. The molecule has 1 amide bonds. The van der Waals surface area contributed by atoms with Crippen LogP contribution in [0.1, 0.15) is 24.9 Å². The molecule has 0 bridgehead atoms. The van der Waals surface area contributed by atoms with E-state index in [0.717, 1.165) is 17.1 Å². The average Bonchev–Trinajstić information content (AvgIpc) is 2.61. The van der Waals surface area contributed by atoms with Gasteiger partial charge in [0, 0.05) is 12.5 Å². The van der Waals surface area contributed by atoms with E-state index < -0.39 is 0 Å². The van der Waals surface area contributed by atoms with Crippen LogP contribution >= 0.6 is 12.4 Å². The van der Waals surface area contributed by atoms with Crippen molar-refractivity contribution in [1.82, 2.24) is 5.32 Å². The van der Waals surface area contributed by atoms with Gasteiger partial charge in [-0.1, -0.05) is 30.3 Å². The first-order valence-corrected chi connectivity index (χ1v) is 7.96. The Bertz CT molecular complexity index is 635. The number of nitrogens with two attached hydrogens (primary N) is 1. The highest BCUT2D eigenvalue weighted by atomic mass is 35.5. The van der Waals surface area contributed by atoms with Gasteiger partial charge in [-0.15, -0.1) is 12.4 Å². The minimum absolute atomic E-state index is 0. The molecule has 5 nitrogen and oxygen atoms in total. The van der Waals surface area contributed by atoms with Crippen molar-refractivity contribution in [1.29, 1.82) is 0 Å². The predicted octanol–water partition coefficient (Wildman–Crippen LogP) is 3.09. The third-order valence-corrected chi connectivity index (χ3v) is 3.62. The average molecular weight is 365 g/mol. The molecule has 2 unspecified atom stereocenters. The van der Waals surface area contributed by atoms with E-state index in [-0.39, 0.29) is 36.9 Å². The van der Waals surface area contributed by atoms with E-state index >= 15 is 0 Å². The molecule has 0 aliphatic rings. The zero-order valence-corrected chi connectivity index (χ0v) is 15.3. The van der Waals surface area contributed by atoms with Crippen molar-refractivity contribution in [2.24, 2.45) is 5.73 Å². The molecule has 2 atom stereocenters. The topological polar surface area (TPSA) is 73.6 Å². The second-order valence-corrected chi connectivity index (χ2v) is 5.63. The molecular weight excluding hydrogens is 340 g/mol. The lowest BCUT2D eigenvalue weighted by Gasteiger charge is -2.17. The van der Waals surface area contributed by atoms with Crippen molar-refractivity contribution in [3.63, 3.8) is 0 Å². The number of ether oxygens (including phenoxy) is 2. The van der Waals surface area contributed by atoms with E-state index in [9.17, 15) is 4.79 Å². The maximum atomic E-state index is 12.0. The van der Waals surface area contributed by atoms with E-state index in [1.165, 1.54) is 0 Å². The van der Waals surface area contributed by atoms with Crippen LogP contribution in [-0.2, 0) is 4.79 Å². The summed E-state index contributed by atoms with van der Waals surface area (Å²) in [5.74, 6) is 1.42. The summed E-state index contributed by atoms with van der Waals surface area (Å²) in [7, 11) is 1.62. The van der Waals surface area contributed by atoms with Gasteiger partial charge in [0.25, 0.3) is 0 Å². The maximum absolute atomic E-state index is 12.0. The number of carbonyl (C=O) groups is 1. The minimum atomic E-state index is -0.302. The smallest absolute Gasteiger partial charge is 0.222 e. The van der Waals surface area contributed by atoms with Crippen molar-refractivity contribution in [2.75, 3.05) is 13.7 Å². The summed E-state index contributed by atoms with van der Waals surface area (Å²) in [5.41, 5.74) is 7.00. The van der Waals surface area contributed by atoms with Crippen molar-refractivity contribution in [3.8, 4) is 11.5 Å². The van der Waals surface area contributed by atoms with Crippen molar-refractivity contribution < 1.29 is 14.3 Å². The van der Waals surface area contributed by atoms with Crippen molar-refractivity contribution >= 4 is 18.3 Å². The first kappa shape index (κ1) is 20.8. The number of halogens is 1. The Balaban J connectivity index is 0.00000312. The minimum Gasteiger partial charge on any atom is -0.497 e. The Morgan fingerprint density at radius 1 is 1.08 bits per heavy atom. The normalized spacial score (nSPS) is 12.4. The fraction of sp³-hybridized carbons (Fsp3) is 0.316. The first-order chi connectivity index (χ1) is 11.6. The molecule has 0 aliphatic heterocycles. The SMILES string of the molecule is COc1ccc(OC(C)CNC(=O)CC(N)c2ccccc2)cc1.Cl. The number of benzene rings is 2. The van der Waals surface area contributed by atoms with Gasteiger partial charge in [-0.3, -0.25) is 4.79 Å². The molecule has 2 aromatic rings. The third kappa shape index (κ3) is 7.03. The lowest BCUT2D eigenvalue weighted by Crippen LogP contribution is -2.35. The summed E-state index contributed by atoms with van der Waals surface area (Å²) in [5, 5.41) is 2.86. The van der Waals surface area contributed by atoms with E-state index in [4.69, 9.17) is 15.2 Å². The summed E-state index contributed by atoms with van der Waals surface area (Å²) >= 11 is 0. The number of hydrogen-bond donors (Lipinski definition) is 2. The van der Waals surface area contributed by atoms with E-state index in [2.05, 4.69) is 5.32 Å². The van der Waals surface area contributed by atoms with Gasteiger partial charge < -0.3 is 20.5 Å².